The van der Waals surface area contributed by atoms with Gasteiger partial charge in [-0.15, -0.1) is 0 Å². The Bertz CT molecular complexity index is 952. The third-order valence-electron chi connectivity index (χ3n) is 5.18. The van der Waals surface area contributed by atoms with Gasteiger partial charge in [0.25, 0.3) is 5.91 Å². The Morgan fingerprint density at radius 1 is 1.00 bits per heavy atom. The first-order chi connectivity index (χ1) is 12.5. The van der Waals surface area contributed by atoms with Crippen molar-refractivity contribution in [1.82, 2.24) is 10.2 Å². The Balaban J connectivity index is 1.85. The number of carbonyl (C=O) groups is 1. The highest BCUT2D eigenvalue weighted by molar-refractivity contribution is 6.10. The third-order valence-corrected chi connectivity index (χ3v) is 5.18. The molecule has 132 valence electrons. The van der Waals surface area contributed by atoms with E-state index < -0.39 is 0 Å². The smallest absolute Gasteiger partial charge is 0.279 e. The summed E-state index contributed by atoms with van der Waals surface area (Å²) in [6.07, 6.45) is 0. The summed E-state index contributed by atoms with van der Waals surface area (Å²) in [5, 5.41) is 7.26. The molecular formula is C22H23N3O. The van der Waals surface area contributed by atoms with Crippen molar-refractivity contribution < 1.29 is 4.79 Å². The first-order valence-electron chi connectivity index (χ1n) is 9.02. The second-order valence-electron chi connectivity index (χ2n) is 7.35. The van der Waals surface area contributed by atoms with E-state index in [0.717, 1.165) is 22.5 Å². The van der Waals surface area contributed by atoms with Crippen LogP contribution in [0.15, 0.2) is 48.5 Å². The topological polar surface area (TPSA) is 49.0 Å². The number of hydrogen-bond acceptors (Lipinski definition) is 2. The van der Waals surface area contributed by atoms with Crippen molar-refractivity contribution in [3.05, 3.63) is 82.2 Å². The van der Waals surface area contributed by atoms with Crippen molar-refractivity contribution in [2.45, 2.75) is 39.7 Å². The molecule has 4 nitrogen and oxygen atoms in total. The minimum Gasteiger partial charge on any atom is -0.295 e. The number of fused-ring (bicyclic) bond motifs is 1. The molecule has 0 spiro atoms. The predicted molar refractivity (Wildman–Crippen MR) is 104 cm³/mol. The second-order valence-corrected chi connectivity index (χ2v) is 7.35. The molecule has 1 amide bonds. The number of carbonyl (C=O) groups excluding carboxylic acids is 1. The van der Waals surface area contributed by atoms with Crippen LogP contribution in [0.2, 0.25) is 0 Å². The highest BCUT2D eigenvalue weighted by Crippen LogP contribution is 2.42. The van der Waals surface area contributed by atoms with E-state index in [-0.39, 0.29) is 11.9 Å². The van der Waals surface area contributed by atoms with Crippen LogP contribution in [0.25, 0.3) is 0 Å². The van der Waals surface area contributed by atoms with Crippen LogP contribution in [-0.2, 0) is 0 Å². The molecule has 0 saturated carbocycles. The predicted octanol–water partition coefficient (Wildman–Crippen LogP) is 4.90. The lowest BCUT2D eigenvalue weighted by molar-refractivity contribution is 0.0988. The summed E-state index contributed by atoms with van der Waals surface area (Å²) in [6.45, 7) is 8.40. The van der Waals surface area contributed by atoms with Gasteiger partial charge >= 0.3 is 0 Å². The molecule has 1 aromatic heterocycles. The highest BCUT2D eigenvalue weighted by atomic mass is 16.2. The number of nitrogens with one attached hydrogen (secondary N) is 1. The van der Waals surface area contributed by atoms with Crippen LogP contribution < -0.4 is 4.90 Å². The molecule has 4 heteroatoms. The zero-order valence-electron chi connectivity index (χ0n) is 15.6. The van der Waals surface area contributed by atoms with Gasteiger partial charge < -0.3 is 0 Å². The van der Waals surface area contributed by atoms with Gasteiger partial charge in [0.1, 0.15) is 0 Å². The number of benzene rings is 2. The lowest BCUT2D eigenvalue weighted by atomic mass is 9.95. The fourth-order valence-electron chi connectivity index (χ4n) is 3.65. The number of rotatable bonds is 3. The first-order valence-corrected chi connectivity index (χ1v) is 9.02. The van der Waals surface area contributed by atoms with Crippen molar-refractivity contribution in [1.29, 1.82) is 0 Å². The Morgan fingerprint density at radius 3 is 2.27 bits per heavy atom. The van der Waals surface area contributed by atoms with Crippen molar-refractivity contribution in [2.24, 2.45) is 0 Å². The maximum Gasteiger partial charge on any atom is 0.279 e. The van der Waals surface area contributed by atoms with Gasteiger partial charge in [0.2, 0.25) is 0 Å². The quantitative estimate of drug-likeness (QED) is 0.734. The van der Waals surface area contributed by atoms with E-state index >= 15 is 0 Å². The van der Waals surface area contributed by atoms with Gasteiger partial charge in [-0.1, -0.05) is 55.8 Å². The van der Waals surface area contributed by atoms with Crippen molar-refractivity contribution in [3.8, 4) is 0 Å². The number of aromatic nitrogens is 2. The lowest BCUT2D eigenvalue weighted by Crippen LogP contribution is -2.29. The molecule has 0 aliphatic carbocycles. The number of amides is 1. The molecule has 26 heavy (non-hydrogen) atoms. The number of anilines is 1. The zero-order valence-corrected chi connectivity index (χ0v) is 15.6. The minimum atomic E-state index is -0.153. The fraction of sp³-hybridized carbons (Fsp3) is 0.273. The van der Waals surface area contributed by atoms with Crippen LogP contribution in [0, 0.1) is 13.8 Å². The largest absolute Gasteiger partial charge is 0.295 e. The molecule has 1 N–H and O–H groups in total. The van der Waals surface area contributed by atoms with Gasteiger partial charge in [-0.25, -0.2) is 0 Å². The molecule has 2 aromatic carbocycles. The Kier molecular flexibility index (Phi) is 3.91. The maximum absolute atomic E-state index is 13.1. The molecule has 1 atom stereocenters. The summed E-state index contributed by atoms with van der Waals surface area (Å²) in [5.41, 5.74) is 6.93. The normalized spacial score (nSPS) is 16.4. The monoisotopic (exact) mass is 345 g/mol. The van der Waals surface area contributed by atoms with Gasteiger partial charge in [0.15, 0.2) is 5.69 Å². The van der Waals surface area contributed by atoms with Crippen LogP contribution in [0.5, 0.6) is 0 Å². The van der Waals surface area contributed by atoms with Gasteiger partial charge in [-0.2, -0.15) is 5.10 Å². The van der Waals surface area contributed by atoms with Crippen LogP contribution in [0.3, 0.4) is 0 Å². The molecular weight excluding hydrogens is 322 g/mol. The van der Waals surface area contributed by atoms with Crippen LogP contribution in [0.4, 0.5) is 5.69 Å². The van der Waals surface area contributed by atoms with Crippen molar-refractivity contribution in [2.75, 3.05) is 4.90 Å². The van der Waals surface area contributed by atoms with E-state index in [1.54, 1.807) is 0 Å². The number of nitrogens with zero attached hydrogens (tertiary/aromatic N) is 2. The Labute approximate surface area is 153 Å². The fourth-order valence-corrected chi connectivity index (χ4v) is 3.65. The van der Waals surface area contributed by atoms with Gasteiger partial charge in [-0.3, -0.25) is 14.8 Å². The zero-order chi connectivity index (χ0) is 18.4. The SMILES string of the molecule is Cc1ccc(N2C(=O)c3n[nH]c(C)c3[C@H]2c2ccc(C(C)C)cc2)cc1. The molecule has 4 rings (SSSR count). The third kappa shape index (κ3) is 2.53. The number of aromatic amines is 1. The van der Waals surface area contributed by atoms with Crippen LogP contribution in [-0.4, -0.2) is 16.1 Å². The average molecular weight is 345 g/mol. The van der Waals surface area contributed by atoms with E-state index in [0.29, 0.717) is 11.6 Å². The summed E-state index contributed by atoms with van der Waals surface area (Å²) in [6, 6.07) is 16.5. The summed E-state index contributed by atoms with van der Waals surface area (Å²) >= 11 is 0. The van der Waals surface area contributed by atoms with Crippen molar-refractivity contribution in [3.63, 3.8) is 0 Å². The first kappa shape index (κ1) is 16.6. The van der Waals surface area contributed by atoms with Crippen LogP contribution in [0.1, 0.15) is 64.2 Å². The number of aryl methyl sites for hydroxylation is 2. The summed E-state index contributed by atoms with van der Waals surface area (Å²) < 4.78 is 0. The van der Waals surface area contributed by atoms with E-state index in [1.807, 2.05) is 43.0 Å². The van der Waals surface area contributed by atoms with E-state index in [9.17, 15) is 4.79 Å². The minimum absolute atomic E-state index is 0.0499. The Hall–Kier alpha value is -2.88. The molecule has 0 saturated heterocycles. The summed E-state index contributed by atoms with van der Waals surface area (Å²) in [5.74, 6) is 0.430. The molecule has 1 aliphatic rings. The lowest BCUT2D eigenvalue weighted by Gasteiger charge is -2.26. The molecule has 3 aromatic rings. The molecule has 1 aliphatic heterocycles. The Morgan fingerprint density at radius 2 is 1.65 bits per heavy atom. The summed E-state index contributed by atoms with van der Waals surface area (Å²) in [7, 11) is 0. The molecule has 0 unspecified atom stereocenters. The summed E-state index contributed by atoms with van der Waals surface area (Å²) in [4.78, 5) is 15.0. The highest BCUT2D eigenvalue weighted by Gasteiger charge is 2.42. The number of H-pyrrole nitrogens is 1. The van der Waals surface area contributed by atoms with E-state index in [1.165, 1.54) is 11.1 Å². The maximum atomic E-state index is 13.1. The van der Waals surface area contributed by atoms with E-state index in [2.05, 4.69) is 48.3 Å². The molecule has 0 fully saturated rings. The second kappa shape index (κ2) is 6.13. The van der Waals surface area contributed by atoms with Gasteiger partial charge in [0.05, 0.1) is 6.04 Å². The molecule has 2 heterocycles. The van der Waals surface area contributed by atoms with Crippen LogP contribution >= 0.6 is 0 Å². The van der Waals surface area contributed by atoms with Gasteiger partial charge in [0, 0.05) is 16.9 Å². The van der Waals surface area contributed by atoms with E-state index in [4.69, 9.17) is 0 Å². The molecule has 0 radical (unpaired) electrons. The molecule has 0 bridgehead atoms. The number of hydrogen-bond donors (Lipinski definition) is 1. The van der Waals surface area contributed by atoms with Gasteiger partial charge in [-0.05, 0) is 43.0 Å². The average Bonchev–Trinajstić information content (AvgIpc) is 3.15. The standard InChI is InChI=1S/C22H23N3O/c1-13(2)16-7-9-17(10-8-16)21-19-15(4)23-24-20(19)22(26)25(21)18-11-5-14(3)6-12-18/h5-13,21H,1-4H3,(H,23,24)/t21-/m1/s1. The van der Waals surface area contributed by atoms with Crippen molar-refractivity contribution >= 4 is 11.6 Å².